The molecule has 3 aromatic rings. The maximum absolute atomic E-state index is 12.9. The summed E-state index contributed by atoms with van der Waals surface area (Å²) in [6, 6.07) is 3.21. The number of halogens is 4. The van der Waals surface area contributed by atoms with Crippen molar-refractivity contribution in [3.8, 4) is 0 Å². The van der Waals surface area contributed by atoms with Gasteiger partial charge in [0.1, 0.15) is 6.54 Å². The molecule has 3 rings (SSSR count). The Balaban J connectivity index is 1.67. The topological polar surface area (TPSA) is 59.8 Å². The van der Waals surface area contributed by atoms with E-state index in [1.54, 1.807) is 12.4 Å². The van der Waals surface area contributed by atoms with E-state index in [0.29, 0.717) is 15.6 Å². The molecule has 0 aliphatic rings. The fraction of sp³-hybridized carbons (Fsp3) is 0.235. The molecule has 10 heteroatoms. The smallest absolute Gasteiger partial charge is 0.300 e. The fourth-order valence-corrected chi connectivity index (χ4v) is 3.42. The van der Waals surface area contributed by atoms with Crippen molar-refractivity contribution in [2.45, 2.75) is 26.1 Å². The first-order valence-electron chi connectivity index (χ1n) is 7.80. The molecule has 0 aliphatic carbocycles. The number of aromatic nitrogens is 3. The van der Waals surface area contributed by atoms with Gasteiger partial charge < -0.3 is 5.32 Å². The molecule has 5 nitrogen and oxygen atoms in total. The lowest BCUT2D eigenvalue weighted by Gasteiger charge is -2.09. The van der Waals surface area contributed by atoms with Gasteiger partial charge in [0.2, 0.25) is 5.91 Å². The van der Waals surface area contributed by atoms with Crippen molar-refractivity contribution in [2.75, 3.05) is 5.32 Å². The Hall–Kier alpha value is -2.39. The number of hydrogen-bond donors (Lipinski definition) is 1. The molecule has 27 heavy (non-hydrogen) atoms. The first kappa shape index (κ1) is 19.4. The van der Waals surface area contributed by atoms with E-state index in [-0.39, 0.29) is 23.9 Å². The number of thiazole rings is 1. The molecule has 2 heterocycles. The minimum Gasteiger partial charge on any atom is -0.300 e. The lowest BCUT2D eigenvalue weighted by Crippen LogP contribution is -2.18. The fourth-order valence-electron chi connectivity index (χ4n) is 2.38. The quantitative estimate of drug-likeness (QED) is 0.666. The minimum atomic E-state index is -4.43. The number of anilines is 1. The van der Waals surface area contributed by atoms with E-state index < -0.39 is 11.7 Å². The third kappa shape index (κ3) is 5.08. The summed E-state index contributed by atoms with van der Waals surface area (Å²) < 4.78 is 40.1. The van der Waals surface area contributed by atoms with Crippen molar-refractivity contribution in [3.05, 3.63) is 63.4 Å². The van der Waals surface area contributed by atoms with Gasteiger partial charge in [-0.15, -0.1) is 11.3 Å². The van der Waals surface area contributed by atoms with Gasteiger partial charge in [0.25, 0.3) is 0 Å². The van der Waals surface area contributed by atoms with E-state index in [1.165, 1.54) is 28.3 Å². The van der Waals surface area contributed by atoms with Crippen molar-refractivity contribution < 1.29 is 18.0 Å². The van der Waals surface area contributed by atoms with Crippen molar-refractivity contribution in [3.63, 3.8) is 0 Å². The van der Waals surface area contributed by atoms with E-state index in [4.69, 9.17) is 11.6 Å². The number of amides is 1. The van der Waals surface area contributed by atoms with Gasteiger partial charge in [0, 0.05) is 28.7 Å². The second-order valence-electron chi connectivity index (χ2n) is 5.88. The van der Waals surface area contributed by atoms with Gasteiger partial charge in [-0.05, 0) is 36.2 Å². The number of alkyl halides is 3. The van der Waals surface area contributed by atoms with Gasteiger partial charge in [0.15, 0.2) is 5.13 Å². The Bertz CT molecular complexity index is 967. The molecule has 0 spiro atoms. The summed E-state index contributed by atoms with van der Waals surface area (Å²) in [5.41, 5.74) is 0.534. The van der Waals surface area contributed by atoms with Gasteiger partial charge in [-0.3, -0.25) is 9.48 Å². The molecule has 0 unspecified atom stereocenters. The molecule has 1 aromatic carbocycles. The largest absolute Gasteiger partial charge is 0.416 e. The second-order valence-corrected chi connectivity index (χ2v) is 7.40. The molecule has 0 atom stereocenters. The maximum atomic E-state index is 12.9. The van der Waals surface area contributed by atoms with Crippen LogP contribution in [-0.4, -0.2) is 20.7 Å². The highest BCUT2D eigenvalue weighted by molar-refractivity contribution is 7.15. The first-order valence-corrected chi connectivity index (χ1v) is 8.99. The molecule has 0 saturated carbocycles. The predicted molar refractivity (Wildman–Crippen MR) is 97.0 cm³/mol. The molecule has 1 amide bonds. The monoisotopic (exact) mass is 414 g/mol. The van der Waals surface area contributed by atoms with Crippen LogP contribution in [-0.2, 0) is 23.9 Å². The third-order valence-corrected chi connectivity index (χ3v) is 4.89. The van der Waals surface area contributed by atoms with Crippen LogP contribution in [0.4, 0.5) is 18.3 Å². The van der Waals surface area contributed by atoms with Crippen LogP contribution in [0.1, 0.15) is 21.6 Å². The Morgan fingerprint density at radius 1 is 1.33 bits per heavy atom. The van der Waals surface area contributed by atoms with E-state index >= 15 is 0 Å². The standard InChI is InChI=1S/C17H14ClF3N4OS/c1-10-6-23-25(8-10)9-15(26)24-16-22-7-13(27-16)5-11-4-12(17(19,20)21)2-3-14(11)18/h2-4,6-8H,5,9H2,1H3,(H,22,24,26). The van der Waals surface area contributed by atoms with Crippen molar-refractivity contribution in [1.29, 1.82) is 0 Å². The molecular weight excluding hydrogens is 401 g/mol. The summed E-state index contributed by atoms with van der Waals surface area (Å²) in [5.74, 6) is -0.295. The summed E-state index contributed by atoms with van der Waals surface area (Å²) in [6.45, 7) is 1.91. The zero-order valence-electron chi connectivity index (χ0n) is 14.0. The highest BCUT2D eigenvalue weighted by Gasteiger charge is 2.30. The van der Waals surface area contributed by atoms with E-state index in [0.717, 1.165) is 17.7 Å². The molecule has 0 bridgehead atoms. The number of benzene rings is 1. The molecular formula is C17H14ClF3N4OS. The van der Waals surface area contributed by atoms with Gasteiger partial charge in [-0.1, -0.05) is 11.6 Å². The molecule has 0 radical (unpaired) electrons. The molecule has 2 aromatic heterocycles. The van der Waals surface area contributed by atoms with Crippen molar-refractivity contribution >= 4 is 34.0 Å². The van der Waals surface area contributed by atoms with Crippen LogP contribution in [0.25, 0.3) is 0 Å². The van der Waals surface area contributed by atoms with Crippen LogP contribution in [0.15, 0.2) is 36.8 Å². The van der Waals surface area contributed by atoms with Crippen molar-refractivity contribution in [1.82, 2.24) is 14.8 Å². The number of carbonyl (C=O) groups excluding carboxylic acids is 1. The number of rotatable bonds is 5. The normalized spacial score (nSPS) is 11.6. The van der Waals surface area contributed by atoms with Crippen LogP contribution in [0, 0.1) is 6.92 Å². The average molecular weight is 415 g/mol. The van der Waals surface area contributed by atoms with E-state index in [2.05, 4.69) is 15.4 Å². The summed E-state index contributed by atoms with van der Waals surface area (Å²) in [4.78, 5) is 16.8. The number of aryl methyl sites for hydroxylation is 1. The van der Waals surface area contributed by atoms with Crippen LogP contribution in [0.5, 0.6) is 0 Å². The first-order chi connectivity index (χ1) is 12.7. The zero-order chi connectivity index (χ0) is 19.6. The Morgan fingerprint density at radius 2 is 2.11 bits per heavy atom. The third-order valence-electron chi connectivity index (χ3n) is 3.61. The number of nitrogens with zero attached hydrogens (tertiary/aromatic N) is 3. The Labute approximate surface area is 161 Å². The van der Waals surface area contributed by atoms with Crippen LogP contribution < -0.4 is 5.32 Å². The lowest BCUT2D eigenvalue weighted by molar-refractivity contribution is -0.137. The van der Waals surface area contributed by atoms with E-state index in [1.807, 2.05) is 6.92 Å². The van der Waals surface area contributed by atoms with Gasteiger partial charge in [-0.25, -0.2) is 4.98 Å². The molecule has 142 valence electrons. The number of carbonyl (C=O) groups is 1. The summed E-state index contributed by atoms with van der Waals surface area (Å²) >= 11 is 7.20. The van der Waals surface area contributed by atoms with Gasteiger partial charge >= 0.3 is 6.18 Å². The second kappa shape index (κ2) is 7.69. The zero-order valence-corrected chi connectivity index (χ0v) is 15.6. The predicted octanol–water partition coefficient (Wildman–Crippen LogP) is 4.55. The van der Waals surface area contributed by atoms with E-state index in [9.17, 15) is 18.0 Å². The van der Waals surface area contributed by atoms with Crippen LogP contribution in [0.3, 0.4) is 0 Å². The summed E-state index contributed by atoms with van der Waals surface area (Å²) in [7, 11) is 0. The van der Waals surface area contributed by atoms with Crippen LogP contribution >= 0.6 is 22.9 Å². The Kier molecular flexibility index (Phi) is 5.52. The molecule has 0 aliphatic heterocycles. The minimum absolute atomic E-state index is 0.0439. The number of nitrogens with one attached hydrogen (secondary N) is 1. The van der Waals surface area contributed by atoms with Gasteiger partial charge in [0.05, 0.1) is 11.8 Å². The van der Waals surface area contributed by atoms with Crippen LogP contribution in [0.2, 0.25) is 5.02 Å². The summed E-state index contributed by atoms with van der Waals surface area (Å²) in [6.07, 6.45) is 0.649. The van der Waals surface area contributed by atoms with Crippen molar-refractivity contribution in [2.24, 2.45) is 0 Å². The SMILES string of the molecule is Cc1cnn(CC(=O)Nc2ncc(Cc3cc(C(F)(F)F)ccc3Cl)s2)c1. The summed E-state index contributed by atoms with van der Waals surface area (Å²) in [5, 5.41) is 7.29. The van der Waals surface area contributed by atoms with Gasteiger partial charge in [-0.2, -0.15) is 18.3 Å². The lowest BCUT2D eigenvalue weighted by atomic mass is 10.1. The Morgan fingerprint density at radius 3 is 2.78 bits per heavy atom. The highest BCUT2D eigenvalue weighted by atomic mass is 35.5. The maximum Gasteiger partial charge on any atom is 0.416 e. The number of hydrogen-bond acceptors (Lipinski definition) is 4. The molecule has 0 saturated heterocycles. The average Bonchev–Trinajstić information content (AvgIpc) is 3.17. The molecule has 0 fully saturated rings. The molecule has 1 N–H and O–H groups in total. The highest BCUT2D eigenvalue weighted by Crippen LogP contribution is 2.33.